The number of halogens is 2. The van der Waals surface area contributed by atoms with Gasteiger partial charge in [0.1, 0.15) is 0 Å². The van der Waals surface area contributed by atoms with E-state index in [9.17, 15) is 0 Å². The van der Waals surface area contributed by atoms with Gasteiger partial charge in [0, 0.05) is 11.8 Å². The zero-order valence-corrected chi connectivity index (χ0v) is 12.5. The summed E-state index contributed by atoms with van der Waals surface area (Å²) in [4.78, 5) is 0. The first-order valence-corrected chi connectivity index (χ1v) is 6.89. The fraction of sp³-hybridized carbons (Fsp3) is 0.467. The molecule has 96 valence electrons. The second kappa shape index (κ2) is 9.56. The van der Waals surface area contributed by atoms with Crippen molar-refractivity contribution in [3.63, 3.8) is 0 Å². The van der Waals surface area contributed by atoms with Crippen LogP contribution in [0.15, 0.2) is 47.6 Å². The molecule has 0 aliphatic carbocycles. The van der Waals surface area contributed by atoms with Crippen molar-refractivity contribution in [3.05, 3.63) is 47.6 Å². The summed E-state index contributed by atoms with van der Waals surface area (Å²) < 4.78 is 0. The van der Waals surface area contributed by atoms with Crippen LogP contribution in [0.1, 0.15) is 27.2 Å². The van der Waals surface area contributed by atoms with Gasteiger partial charge in [-0.1, -0.05) is 49.0 Å². The zero-order valence-electron chi connectivity index (χ0n) is 11.0. The van der Waals surface area contributed by atoms with Crippen LogP contribution in [0, 0.1) is 5.92 Å². The molecule has 0 radical (unpaired) electrons. The Kier molecular flexibility index (Phi) is 9.30. The van der Waals surface area contributed by atoms with E-state index in [0.717, 1.165) is 12.0 Å². The Morgan fingerprint density at radius 3 is 2.18 bits per heavy atom. The average molecular weight is 273 g/mol. The Labute approximate surface area is 116 Å². The quantitative estimate of drug-likeness (QED) is 0.326. The van der Waals surface area contributed by atoms with Crippen molar-refractivity contribution in [2.75, 3.05) is 11.8 Å². The second-order valence-corrected chi connectivity index (χ2v) is 4.87. The second-order valence-electron chi connectivity index (χ2n) is 4.34. The Balaban J connectivity index is 4.61. The van der Waals surface area contributed by atoms with Gasteiger partial charge < -0.3 is 0 Å². The molecule has 0 fully saturated rings. The SMILES string of the molecule is C=C/C(=C\C=C(/C)CCl)C(C)C/C=C(\C)CCl. The molecule has 0 nitrogen and oxygen atoms in total. The van der Waals surface area contributed by atoms with Crippen LogP contribution in [-0.4, -0.2) is 11.8 Å². The summed E-state index contributed by atoms with van der Waals surface area (Å²) >= 11 is 11.5. The molecule has 0 aromatic rings. The lowest BCUT2D eigenvalue weighted by Crippen LogP contribution is -1.96. The summed E-state index contributed by atoms with van der Waals surface area (Å²) in [6.07, 6.45) is 9.24. The highest BCUT2D eigenvalue weighted by molar-refractivity contribution is 6.19. The fourth-order valence-electron chi connectivity index (χ4n) is 1.29. The van der Waals surface area contributed by atoms with E-state index < -0.39 is 0 Å². The monoisotopic (exact) mass is 272 g/mol. The maximum atomic E-state index is 5.74. The van der Waals surface area contributed by atoms with Gasteiger partial charge >= 0.3 is 0 Å². The van der Waals surface area contributed by atoms with Crippen molar-refractivity contribution in [2.45, 2.75) is 27.2 Å². The highest BCUT2D eigenvalue weighted by Crippen LogP contribution is 2.18. The molecular formula is C15H22Cl2. The Morgan fingerprint density at radius 2 is 1.71 bits per heavy atom. The molecule has 0 bridgehead atoms. The highest BCUT2D eigenvalue weighted by atomic mass is 35.5. The predicted octanol–water partition coefficient (Wildman–Crippen LogP) is 5.50. The Morgan fingerprint density at radius 1 is 1.12 bits per heavy atom. The minimum Gasteiger partial charge on any atom is -0.122 e. The largest absolute Gasteiger partial charge is 0.122 e. The van der Waals surface area contributed by atoms with E-state index in [1.54, 1.807) is 0 Å². The van der Waals surface area contributed by atoms with Crippen LogP contribution in [0.25, 0.3) is 0 Å². The summed E-state index contributed by atoms with van der Waals surface area (Å²) in [7, 11) is 0. The van der Waals surface area contributed by atoms with Crippen molar-refractivity contribution in [3.8, 4) is 0 Å². The van der Waals surface area contributed by atoms with Crippen molar-refractivity contribution >= 4 is 23.2 Å². The van der Waals surface area contributed by atoms with Crippen molar-refractivity contribution in [2.24, 2.45) is 5.92 Å². The van der Waals surface area contributed by atoms with Gasteiger partial charge in [0.2, 0.25) is 0 Å². The minimum atomic E-state index is 0.449. The number of hydrogen-bond donors (Lipinski definition) is 0. The van der Waals surface area contributed by atoms with Crippen molar-refractivity contribution in [1.82, 2.24) is 0 Å². The molecule has 1 unspecified atom stereocenters. The van der Waals surface area contributed by atoms with Gasteiger partial charge in [-0.25, -0.2) is 0 Å². The summed E-state index contributed by atoms with van der Waals surface area (Å²) in [5, 5.41) is 0. The third kappa shape index (κ3) is 7.46. The summed E-state index contributed by atoms with van der Waals surface area (Å²) in [6, 6.07) is 0. The van der Waals surface area contributed by atoms with Gasteiger partial charge in [-0.15, -0.1) is 23.2 Å². The van der Waals surface area contributed by atoms with Crippen LogP contribution in [-0.2, 0) is 0 Å². The molecule has 0 aromatic heterocycles. The molecule has 2 heteroatoms. The fourth-order valence-corrected chi connectivity index (χ4v) is 1.48. The molecule has 0 spiro atoms. The van der Waals surface area contributed by atoms with E-state index in [1.165, 1.54) is 11.1 Å². The minimum absolute atomic E-state index is 0.449. The lowest BCUT2D eigenvalue weighted by molar-refractivity contribution is 0.709. The number of allylic oxidation sites excluding steroid dienone is 7. The van der Waals surface area contributed by atoms with Gasteiger partial charge in [-0.2, -0.15) is 0 Å². The number of alkyl halides is 2. The zero-order chi connectivity index (χ0) is 13.3. The van der Waals surface area contributed by atoms with Gasteiger partial charge in [0.15, 0.2) is 0 Å². The average Bonchev–Trinajstić information content (AvgIpc) is 2.35. The van der Waals surface area contributed by atoms with Gasteiger partial charge in [0.05, 0.1) is 0 Å². The highest BCUT2D eigenvalue weighted by Gasteiger charge is 2.03. The number of rotatable bonds is 7. The normalized spacial score (nSPS) is 15.9. The lowest BCUT2D eigenvalue weighted by Gasteiger charge is -2.10. The lowest BCUT2D eigenvalue weighted by atomic mass is 9.96. The van der Waals surface area contributed by atoms with Gasteiger partial charge in [-0.05, 0) is 31.8 Å². The van der Waals surface area contributed by atoms with Crippen LogP contribution >= 0.6 is 23.2 Å². The molecule has 0 saturated carbocycles. The predicted molar refractivity (Wildman–Crippen MR) is 81.0 cm³/mol. The summed E-state index contributed by atoms with van der Waals surface area (Å²) in [6.45, 7) is 10.1. The van der Waals surface area contributed by atoms with E-state index in [-0.39, 0.29) is 0 Å². The molecule has 0 aromatic carbocycles. The molecule has 1 atom stereocenters. The maximum absolute atomic E-state index is 5.74. The summed E-state index contributed by atoms with van der Waals surface area (Å²) in [5.41, 5.74) is 3.60. The van der Waals surface area contributed by atoms with Crippen LogP contribution < -0.4 is 0 Å². The Hall–Kier alpha value is -0.460. The molecular weight excluding hydrogens is 251 g/mol. The van der Waals surface area contributed by atoms with E-state index in [4.69, 9.17) is 23.2 Å². The van der Waals surface area contributed by atoms with Crippen molar-refractivity contribution in [1.29, 1.82) is 0 Å². The third-order valence-corrected chi connectivity index (χ3v) is 3.45. The van der Waals surface area contributed by atoms with Crippen LogP contribution in [0.2, 0.25) is 0 Å². The molecule has 0 amide bonds. The molecule has 0 aliphatic heterocycles. The molecule has 0 saturated heterocycles. The maximum Gasteiger partial charge on any atom is 0.0433 e. The Bertz CT molecular complexity index is 322. The molecule has 0 N–H and O–H groups in total. The van der Waals surface area contributed by atoms with Gasteiger partial charge in [-0.3, -0.25) is 0 Å². The molecule has 0 aliphatic rings. The number of hydrogen-bond acceptors (Lipinski definition) is 0. The van der Waals surface area contributed by atoms with Gasteiger partial charge in [0.25, 0.3) is 0 Å². The van der Waals surface area contributed by atoms with E-state index in [2.05, 4.69) is 38.7 Å². The molecule has 0 heterocycles. The first-order chi connectivity index (χ1) is 8.04. The van der Waals surface area contributed by atoms with Crippen molar-refractivity contribution < 1.29 is 0 Å². The van der Waals surface area contributed by atoms with E-state index >= 15 is 0 Å². The third-order valence-electron chi connectivity index (χ3n) is 2.61. The first-order valence-electron chi connectivity index (χ1n) is 5.82. The smallest absolute Gasteiger partial charge is 0.0433 e. The van der Waals surface area contributed by atoms with E-state index in [0.29, 0.717) is 17.7 Å². The molecule has 17 heavy (non-hydrogen) atoms. The van der Waals surface area contributed by atoms with Crippen LogP contribution in [0.3, 0.4) is 0 Å². The standard InChI is InChI=1S/C15H22Cl2/c1-5-15(9-7-13(3)11-17)14(4)8-6-12(2)10-16/h5-7,9,14H,1,8,10-11H2,2-4H3/b12-6+,13-7+,15-9+. The summed E-state index contributed by atoms with van der Waals surface area (Å²) in [5.74, 6) is 1.62. The first kappa shape index (κ1) is 16.5. The topological polar surface area (TPSA) is 0 Å². The van der Waals surface area contributed by atoms with E-state index in [1.807, 2.05) is 13.0 Å². The van der Waals surface area contributed by atoms with Crippen LogP contribution in [0.4, 0.5) is 0 Å². The van der Waals surface area contributed by atoms with Crippen LogP contribution in [0.5, 0.6) is 0 Å². The molecule has 0 rings (SSSR count).